The van der Waals surface area contributed by atoms with Crippen LogP contribution >= 0.6 is 0 Å². The van der Waals surface area contributed by atoms with Gasteiger partial charge in [0.2, 0.25) is 0 Å². The highest BCUT2D eigenvalue weighted by molar-refractivity contribution is 5.17. The number of allylic oxidation sites excluding steroid dienone is 2. The van der Waals surface area contributed by atoms with E-state index in [-0.39, 0.29) is 0 Å². The van der Waals surface area contributed by atoms with Crippen molar-refractivity contribution >= 4 is 0 Å². The topological polar surface area (TPSA) is 0 Å². The highest BCUT2D eigenvalue weighted by Gasteiger charge is 1.99. The van der Waals surface area contributed by atoms with E-state index < -0.39 is 0 Å². The largest absolute Gasteiger partial charge is 0.100 e. The molecule has 0 fully saturated rings. The molecule has 57 valence electrons. The molecule has 0 N–H and O–H groups in total. The molecule has 0 unspecified atom stereocenters. The summed E-state index contributed by atoms with van der Waals surface area (Å²) in [5.41, 5.74) is 2.49. The van der Waals surface area contributed by atoms with Gasteiger partial charge in [0.25, 0.3) is 0 Å². The van der Waals surface area contributed by atoms with Crippen LogP contribution in [0, 0.1) is 5.92 Å². The van der Waals surface area contributed by atoms with Crippen LogP contribution in [0.5, 0.6) is 0 Å². The monoisotopic (exact) mass is 137 g/mol. The predicted molar refractivity (Wildman–Crippen MR) is 47.8 cm³/mol. The quantitative estimate of drug-likeness (QED) is 0.520. The normalized spacial score (nSPS) is 10.0. The van der Waals surface area contributed by atoms with Crippen LogP contribution in [-0.2, 0) is 0 Å². The number of hydrogen-bond donors (Lipinski definition) is 0. The van der Waals surface area contributed by atoms with E-state index in [2.05, 4.69) is 33.9 Å². The van der Waals surface area contributed by atoms with Crippen molar-refractivity contribution in [2.75, 3.05) is 0 Å². The van der Waals surface area contributed by atoms with Crippen molar-refractivity contribution in [3.05, 3.63) is 30.2 Å². The minimum atomic E-state index is 1.07. The molecular formula is C10H17. The van der Waals surface area contributed by atoms with E-state index in [1.165, 1.54) is 17.1 Å². The maximum atomic E-state index is 3.95. The molecule has 0 amide bonds. The van der Waals surface area contributed by atoms with E-state index in [1.54, 1.807) is 0 Å². The molecule has 0 aliphatic rings. The second-order valence-corrected chi connectivity index (χ2v) is 3.06. The average molecular weight is 137 g/mol. The Hall–Kier alpha value is -0.520. The summed E-state index contributed by atoms with van der Waals surface area (Å²) >= 11 is 0. The molecule has 0 saturated heterocycles. The summed E-state index contributed by atoms with van der Waals surface area (Å²) in [4.78, 5) is 0. The smallest absolute Gasteiger partial charge is 0.00591 e. The Morgan fingerprint density at radius 3 is 1.80 bits per heavy atom. The summed E-state index contributed by atoms with van der Waals surface area (Å²) in [5, 5.41) is 0. The summed E-state index contributed by atoms with van der Waals surface area (Å²) in [6.07, 6.45) is 2.14. The molecule has 0 bridgehead atoms. The Labute approximate surface area is 64.6 Å². The zero-order valence-electron chi connectivity index (χ0n) is 7.33. The Kier molecular flexibility index (Phi) is 4.10. The Morgan fingerprint density at radius 2 is 1.50 bits per heavy atom. The van der Waals surface area contributed by atoms with Gasteiger partial charge in [-0.2, -0.15) is 0 Å². The molecule has 0 aromatic rings. The number of hydrogen-bond acceptors (Lipinski definition) is 0. The van der Waals surface area contributed by atoms with Gasteiger partial charge in [-0.05, 0) is 25.7 Å². The van der Waals surface area contributed by atoms with Crippen molar-refractivity contribution in [2.45, 2.75) is 33.6 Å². The van der Waals surface area contributed by atoms with Gasteiger partial charge in [-0.1, -0.05) is 31.6 Å². The second-order valence-electron chi connectivity index (χ2n) is 3.06. The fraction of sp³-hybridized carbons (Fsp3) is 0.500. The lowest BCUT2D eigenvalue weighted by atomic mass is 9.99. The molecule has 0 saturated carbocycles. The zero-order valence-corrected chi connectivity index (χ0v) is 7.33. The highest BCUT2D eigenvalue weighted by Crippen LogP contribution is 2.17. The fourth-order valence-corrected chi connectivity index (χ4v) is 0.614. The van der Waals surface area contributed by atoms with Crippen LogP contribution in [0.4, 0.5) is 0 Å². The minimum Gasteiger partial charge on any atom is -0.100 e. The molecule has 0 atom stereocenters. The fourth-order valence-electron chi connectivity index (χ4n) is 0.614. The molecule has 0 heteroatoms. The SMILES string of the molecule is C=C(C)CCC(=C)[C](C)C. The Balaban J connectivity index is 3.50. The van der Waals surface area contributed by atoms with Crippen molar-refractivity contribution in [3.8, 4) is 0 Å². The summed E-state index contributed by atoms with van der Waals surface area (Å²) in [6, 6.07) is 0. The molecule has 0 heterocycles. The molecule has 0 aliphatic carbocycles. The first-order valence-corrected chi connectivity index (χ1v) is 3.66. The maximum Gasteiger partial charge on any atom is -0.00591 e. The van der Waals surface area contributed by atoms with Crippen molar-refractivity contribution in [2.24, 2.45) is 0 Å². The van der Waals surface area contributed by atoms with Crippen molar-refractivity contribution in [1.29, 1.82) is 0 Å². The zero-order chi connectivity index (χ0) is 8.15. The van der Waals surface area contributed by atoms with E-state index in [0.717, 1.165) is 12.8 Å². The molecular weight excluding hydrogens is 120 g/mol. The van der Waals surface area contributed by atoms with E-state index in [1.807, 2.05) is 0 Å². The number of rotatable bonds is 4. The summed E-state index contributed by atoms with van der Waals surface area (Å²) in [7, 11) is 0. The van der Waals surface area contributed by atoms with Crippen LogP contribution in [0.1, 0.15) is 33.6 Å². The van der Waals surface area contributed by atoms with Crippen LogP contribution < -0.4 is 0 Å². The third-order valence-corrected chi connectivity index (χ3v) is 1.56. The lowest BCUT2D eigenvalue weighted by molar-refractivity contribution is 0.897. The van der Waals surface area contributed by atoms with Crippen LogP contribution in [0.25, 0.3) is 0 Å². The van der Waals surface area contributed by atoms with E-state index in [0.29, 0.717) is 0 Å². The first-order valence-electron chi connectivity index (χ1n) is 3.66. The first-order chi connectivity index (χ1) is 4.54. The van der Waals surface area contributed by atoms with Crippen LogP contribution in [0.3, 0.4) is 0 Å². The third-order valence-electron chi connectivity index (χ3n) is 1.56. The van der Waals surface area contributed by atoms with E-state index in [4.69, 9.17) is 0 Å². The maximum absolute atomic E-state index is 3.95. The van der Waals surface area contributed by atoms with Gasteiger partial charge in [0, 0.05) is 0 Å². The summed E-state index contributed by atoms with van der Waals surface area (Å²) in [5.74, 6) is 1.33. The first kappa shape index (κ1) is 9.48. The van der Waals surface area contributed by atoms with Gasteiger partial charge in [0.1, 0.15) is 0 Å². The Bertz CT molecular complexity index is 129. The molecule has 1 radical (unpaired) electrons. The van der Waals surface area contributed by atoms with Gasteiger partial charge in [0.15, 0.2) is 0 Å². The minimum absolute atomic E-state index is 1.07. The lowest BCUT2D eigenvalue weighted by Gasteiger charge is -2.07. The van der Waals surface area contributed by atoms with Gasteiger partial charge in [-0.3, -0.25) is 0 Å². The van der Waals surface area contributed by atoms with Crippen molar-refractivity contribution in [3.63, 3.8) is 0 Å². The molecule has 0 spiro atoms. The van der Waals surface area contributed by atoms with E-state index in [9.17, 15) is 0 Å². The highest BCUT2D eigenvalue weighted by atomic mass is 14.0. The van der Waals surface area contributed by atoms with Gasteiger partial charge in [-0.15, -0.1) is 6.58 Å². The van der Waals surface area contributed by atoms with Gasteiger partial charge >= 0.3 is 0 Å². The van der Waals surface area contributed by atoms with Crippen LogP contribution in [0.2, 0.25) is 0 Å². The van der Waals surface area contributed by atoms with Gasteiger partial charge in [-0.25, -0.2) is 0 Å². The van der Waals surface area contributed by atoms with Crippen molar-refractivity contribution < 1.29 is 0 Å². The van der Waals surface area contributed by atoms with Gasteiger partial charge in [0.05, 0.1) is 0 Å². The van der Waals surface area contributed by atoms with Crippen molar-refractivity contribution in [1.82, 2.24) is 0 Å². The average Bonchev–Trinajstić information content (AvgIpc) is 1.82. The standard InChI is InChI=1S/C10H17/c1-8(2)6-7-10(5)9(3)4/h1,5-7H2,2-4H3. The predicted octanol–water partition coefficient (Wildman–Crippen LogP) is 3.51. The van der Waals surface area contributed by atoms with E-state index >= 15 is 0 Å². The second kappa shape index (κ2) is 4.32. The van der Waals surface area contributed by atoms with Crippen LogP contribution in [-0.4, -0.2) is 0 Å². The molecule has 0 aromatic heterocycles. The third kappa shape index (κ3) is 4.37. The Morgan fingerprint density at radius 1 is 1.00 bits per heavy atom. The summed E-state index contributed by atoms with van der Waals surface area (Å²) in [6.45, 7) is 14.0. The molecule has 0 aromatic carbocycles. The molecule has 0 rings (SSSR count). The van der Waals surface area contributed by atoms with Crippen LogP contribution in [0.15, 0.2) is 24.3 Å². The summed E-state index contributed by atoms with van der Waals surface area (Å²) < 4.78 is 0. The lowest BCUT2D eigenvalue weighted by Crippen LogP contribution is -1.89. The van der Waals surface area contributed by atoms with Gasteiger partial charge < -0.3 is 0 Å². The molecule has 10 heavy (non-hydrogen) atoms. The molecule has 0 aliphatic heterocycles. The molecule has 0 nitrogen and oxygen atoms in total.